The summed E-state index contributed by atoms with van der Waals surface area (Å²) in [4.78, 5) is 62.9. The predicted octanol–water partition coefficient (Wildman–Crippen LogP) is 3.63. The van der Waals surface area contributed by atoms with Crippen molar-refractivity contribution < 1.29 is 38.2 Å². The Morgan fingerprint density at radius 3 is 2.39 bits per heavy atom. The number of rotatable bonds is 15. The molecule has 11 nitrogen and oxygen atoms in total. The highest BCUT2D eigenvalue weighted by atomic mass is 16.6. The van der Waals surface area contributed by atoms with Gasteiger partial charge in [0.15, 0.2) is 6.29 Å². The van der Waals surface area contributed by atoms with Crippen LogP contribution in [0.3, 0.4) is 0 Å². The Morgan fingerprint density at radius 2 is 1.78 bits per heavy atom. The smallest absolute Gasteiger partial charge is 0.410 e. The fraction of sp³-hybridized carbons (Fsp3) is 0.633. The lowest BCUT2D eigenvalue weighted by Crippen LogP contribution is -2.43. The topological polar surface area (TPSA) is 132 Å². The minimum absolute atomic E-state index is 0.0968. The number of carbonyl (C=O) groups excluding carboxylic acids is 5. The molecule has 1 aliphatic heterocycles. The highest BCUT2D eigenvalue weighted by Gasteiger charge is 2.27. The molecule has 1 N–H and O–H groups in total. The van der Waals surface area contributed by atoms with Gasteiger partial charge in [0.05, 0.1) is 24.3 Å². The molecule has 2 rings (SSSR count). The van der Waals surface area contributed by atoms with Crippen molar-refractivity contribution in [2.45, 2.75) is 83.5 Å². The first kappa shape index (κ1) is 33.7. The highest BCUT2D eigenvalue weighted by molar-refractivity contribution is 6.02. The maximum absolute atomic E-state index is 13.1. The van der Waals surface area contributed by atoms with Crippen LogP contribution in [0.2, 0.25) is 0 Å². The summed E-state index contributed by atoms with van der Waals surface area (Å²) in [6, 6.07) is 3.86. The van der Waals surface area contributed by atoms with Gasteiger partial charge in [-0.2, -0.15) is 0 Å². The Balaban J connectivity index is 1.73. The third-order valence-corrected chi connectivity index (χ3v) is 6.81. The molecule has 1 atom stereocenters. The molecule has 1 aromatic carbocycles. The van der Waals surface area contributed by atoms with Gasteiger partial charge in [-0.3, -0.25) is 14.4 Å². The zero-order chi connectivity index (χ0) is 30.4. The Bertz CT molecular complexity index is 1030. The molecule has 0 bridgehead atoms. The van der Waals surface area contributed by atoms with Gasteiger partial charge in [-0.25, -0.2) is 4.79 Å². The molecule has 11 heteroatoms. The van der Waals surface area contributed by atoms with Crippen molar-refractivity contribution in [1.82, 2.24) is 15.1 Å². The van der Waals surface area contributed by atoms with Crippen LogP contribution in [0.25, 0.3) is 0 Å². The molecule has 0 spiro atoms. The van der Waals surface area contributed by atoms with E-state index in [1.807, 2.05) is 20.8 Å². The molecule has 0 aromatic heterocycles. The van der Waals surface area contributed by atoms with Crippen molar-refractivity contribution >= 4 is 30.5 Å². The molecular formula is C30H45N3O8. The van der Waals surface area contributed by atoms with Crippen LogP contribution < -0.4 is 10.1 Å². The van der Waals surface area contributed by atoms with Crippen LogP contribution >= 0.6 is 0 Å². The second-order valence-electron chi connectivity index (χ2n) is 11.1. The van der Waals surface area contributed by atoms with Gasteiger partial charge in [0.2, 0.25) is 5.91 Å². The van der Waals surface area contributed by atoms with Crippen molar-refractivity contribution in [3.8, 4) is 5.75 Å². The molecule has 228 valence electrons. The Labute approximate surface area is 242 Å². The summed E-state index contributed by atoms with van der Waals surface area (Å²) in [5, 5.41) is 2.49. The monoisotopic (exact) mass is 575 g/mol. The number of piperidine rings is 1. The van der Waals surface area contributed by atoms with Crippen LogP contribution in [0.15, 0.2) is 18.2 Å². The van der Waals surface area contributed by atoms with Crippen molar-refractivity contribution in [2.24, 2.45) is 0 Å². The van der Waals surface area contributed by atoms with Gasteiger partial charge in [-0.05, 0) is 77.5 Å². The molecule has 0 radical (unpaired) electrons. The quantitative estimate of drug-likeness (QED) is 0.248. The molecule has 3 amide bonds. The lowest BCUT2D eigenvalue weighted by molar-refractivity contribution is -0.121. The maximum Gasteiger partial charge on any atom is 0.410 e. The molecular weight excluding hydrogens is 530 g/mol. The molecule has 1 heterocycles. The number of ether oxygens (including phenoxy) is 3. The number of likely N-dealkylation sites (tertiary alicyclic amines) is 1. The van der Waals surface area contributed by atoms with Crippen molar-refractivity contribution in [2.75, 3.05) is 40.4 Å². The third-order valence-electron chi connectivity index (χ3n) is 6.81. The van der Waals surface area contributed by atoms with E-state index in [0.717, 1.165) is 32.1 Å². The van der Waals surface area contributed by atoms with Gasteiger partial charge in [-0.15, -0.1) is 0 Å². The minimum Gasteiger partial charge on any atom is -0.494 e. The second kappa shape index (κ2) is 16.7. The fourth-order valence-electron chi connectivity index (χ4n) is 4.36. The highest BCUT2D eigenvalue weighted by Crippen LogP contribution is 2.21. The number of amides is 3. The van der Waals surface area contributed by atoms with E-state index in [2.05, 4.69) is 5.32 Å². The van der Waals surface area contributed by atoms with E-state index in [-0.39, 0.29) is 42.1 Å². The van der Waals surface area contributed by atoms with Crippen LogP contribution in [0.4, 0.5) is 4.79 Å². The average Bonchev–Trinajstić information content (AvgIpc) is 2.95. The Morgan fingerprint density at radius 1 is 1.10 bits per heavy atom. The van der Waals surface area contributed by atoms with Crippen LogP contribution in [0.5, 0.6) is 5.75 Å². The van der Waals surface area contributed by atoms with Crippen molar-refractivity contribution in [3.63, 3.8) is 0 Å². The predicted molar refractivity (Wildman–Crippen MR) is 153 cm³/mol. The second-order valence-corrected chi connectivity index (χ2v) is 11.1. The summed E-state index contributed by atoms with van der Waals surface area (Å²) < 4.78 is 17.2. The molecule has 1 unspecified atom stereocenters. The molecule has 0 saturated carbocycles. The molecule has 41 heavy (non-hydrogen) atoms. The molecule has 0 aliphatic carbocycles. The van der Waals surface area contributed by atoms with Gasteiger partial charge in [0.25, 0.3) is 5.91 Å². The van der Waals surface area contributed by atoms with E-state index in [9.17, 15) is 24.0 Å². The largest absolute Gasteiger partial charge is 0.494 e. The Hall–Kier alpha value is -3.47. The van der Waals surface area contributed by atoms with Crippen LogP contribution in [0.1, 0.15) is 86.4 Å². The Kier molecular flexibility index (Phi) is 13.8. The van der Waals surface area contributed by atoms with Gasteiger partial charge in [-0.1, -0.05) is 0 Å². The van der Waals surface area contributed by atoms with E-state index in [0.29, 0.717) is 44.6 Å². The van der Waals surface area contributed by atoms with Crippen LogP contribution in [0, 0.1) is 0 Å². The first-order valence-electron chi connectivity index (χ1n) is 14.2. The normalized spacial score (nSPS) is 14.6. The fourth-order valence-corrected chi connectivity index (χ4v) is 4.36. The standard InChI is InChI=1S/C30H45N3O8/c1-30(2,3)41-29(38)33-15-13-24(14-16-33)39-17-7-6-8-18-40-25-11-9-22(20-34)26(19-25)28(37)32(5)23(21-35)10-12-27(36)31-4/h9,11,19-21,23-24H,6-8,10,12-18H2,1-5H3,(H,31,36). The number of carbonyl (C=O) groups is 5. The number of hydrogen-bond acceptors (Lipinski definition) is 8. The van der Waals surface area contributed by atoms with Crippen molar-refractivity contribution in [3.05, 3.63) is 29.3 Å². The van der Waals surface area contributed by atoms with E-state index in [4.69, 9.17) is 14.2 Å². The van der Waals surface area contributed by atoms with Gasteiger partial charge >= 0.3 is 6.09 Å². The van der Waals surface area contributed by atoms with Gasteiger partial charge in [0, 0.05) is 45.8 Å². The minimum atomic E-state index is -0.802. The van der Waals surface area contributed by atoms with Crippen molar-refractivity contribution in [1.29, 1.82) is 0 Å². The SMILES string of the molecule is CNC(=O)CCC(C=O)N(C)C(=O)c1cc(OCCCCCOC2CCN(C(=O)OC(C)(C)C)CC2)ccc1C=O. The number of hydrogen-bond donors (Lipinski definition) is 1. The number of likely N-dealkylation sites (N-methyl/N-ethyl adjacent to an activating group) is 1. The van der Waals surface area contributed by atoms with Gasteiger partial charge < -0.3 is 34.1 Å². The summed E-state index contributed by atoms with van der Waals surface area (Å²) in [6.45, 7) is 7.90. The lowest BCUT2D eigenvalue weighted by Gasteiger charge is -2.33. The summed E-state index contributed by atoms with van der Waals surface area (Å²) in [5.74, 6) is -0.275. The summed E-state index contributed by atoms with van der Waals surface area (Å²) in [6.07, 6.45) is 5.47. The lowest BCUT2D eigenvalue weighted by atomic mass is 10.0. The zero-order valence-corrected chi connectivity index (χ0v) is 25.0. The summed E-state index contributed by atoms with van der Waals surface area (Å²) >= 11 is 0. The van der Waals surface area contributed by atoms with E-state index in [1.54, 1.807) is 11.0 Å². The molecule has 1 aliphatic rings. The number of nitrogens with one attached hydrogen (secondary N) is 1. The molecule has 1 fully saturated rings. The summed E-state index contributed by atoms with van der Waals surface area (Å²) in [5.41, 5.74) is -0.170. The van der Waals surface area contributed by atoms with E-state index >= 15 is 0 Å². The summed E-state index contributed by atoms with van der Waals surface area (Å²) in [7, 11) is 2.98. The maximum atomic E-state index is 13.1. The number of aldehydes is 2. The third kappa shape index (κ3) is 11.5. The molecule has 1 saturated heterocycles. The van der Waals surface area contributed by atoms with Crippen LogP contribution in [-0.2, 0) is 19.1 Å². The van der Waals surface area contributed by atoms with Gasteiger partial charge in [0.1, 0.15) is 17.6 Å². The number of benzene rings is 1. The molecule has 1 aromatic rings. The first-order chi connectivity index (χ1) is 19.5. The number of unbranched alkanes of at least 4 members (excludes halogenated alkanes) is 2. The first-order valence-corrected chi connectivity index (χ1v) is 14.2. The average molecular weight is 576 g/mol. The number of nitrogens with zero attached hydrogens (tertiary/aromatic N) is 2. The van der Waals surface area contributed by atoms with E-state index < -0.39 is 17.6 Å². The van der Waals surface area contributed by atoms with Crippen LogP contribution in [-0.4, -0.2) is 98.4 Å². The van der Waals surface area contributed by atoms with E-state index in [1.165, 1.54) is 31.1 Å². The zero-order valence-electron chi connectivity index (χ0n) is 25.0.